The Labute approximate surface area is 126 Å². The third kappa shape index (κ3) is 1.62. The molecule has 0 aromatic carbocycles. The van der Waals surface area contributed by atoms with Gasteiger partial charge >= 0.3 is 0 Å². The summed E-state index contributed by atoms with van der Waals surface area (Å²) in [5.41, 5.74) is 8.33. The lowest BCUT2D eigenvalue weighted by molar-refractivity contribution is 0.386. The molecular weight excluding hydrogens is 280 g/mol. The van der Waals surface area contributed by atoms with Crippen LogP contribution >= 0.6 is 0 Å². The summed E-state index contributed by atoms with van der Waals surface area (Å²) in [5, 5.41) is 9.72. The summed E-state index contributed by atoms with van der Waals surface area (Å²) in [6, 6.07) is 1.98. The van der Waals surface area contributed by atoms with Crippen LogP contribution in [0.25, 0.3) is 22.4 Å². The Balaban J connectivity index is 1.75. The Morgan fingerprint density at radius 3 is 2.86 bits per heavy atom. The van der Waals surface area contributed by atoms with Crippen LogP contribution in [0.2, 0.25) is 0 Å². The largest absolute Gasteiger partial charge is 0.383 e. The summed E-state index contributed by atoms with van der Waals surface area (Å²) in [4.78, 5) is 8.52. The normalized spacial score (nSPS) is 19.7. The Hall–Kier alpha value is -2.44. The zero-order valence-electron chi connectivity index (χ0n) is 12.3. The highest BCUT2D eigenvalue weighted by molar-refractivity contribution is 5.97. The second-order valence-corrected chi connectivity index (χ2v) is 6.60. The van der Waals surface area contributed by atoms with E-state index < -0.39 is 0 Å². The quantitative estimate of drug-likeness (QED) is 0.797. The van der Waals surface area contributed by atoms with E-state index in [4.69, 9.17) is 15.4 Å². The van der Waals surface area contributed by atoms with Gasteiger partial charge in [-0.05, 0) is 32.6 Å². The first kappa shape index (κ1) is 12.1. The predicted octanol–water partition coefficient (Wildman–Crippen LogP) is 2.45. The lowest BCUT2D eigenvalue weighted by Crippen LogP contribution is -2.14. The molecule has 0 bridgehead atoms. The van der Waals surface area contributed by atoms with E-state index in [0.29, 0.717) is 11.7 Å². The van der Waals surface area contributed by atoms with Gasteiger partial charge in [0, 0.05) is 12.0 Å². The van der Waals surface area contributed by atoms with Crippen LogP contribution in [-0.4, -0.2) is 24.9 Å². The molecule has 0 spiro atoms. The Bertz CT molecular complexity index is 887. The average molecular weight is 296 g/mol. The first-order valence-corrected chi connectivity index (χ1v) is 7.62. The van der Waals surface area contributed by atoms with Crippen molar-refractivity contribution in [3.8, 4) is 11.4 Å². The number of anilines is 1. The van der Waals surface area contributed by atoms with Gasteiger partial charge in [-0.2, -0.15) is 5.10 Å². The molecule has 2 aliphatic carbocycles. The Kier molecular flexibility index (Phi) is 2.12. The minimum atomic E-state index is 0.0281. The zero-order valence-corrected chi connectivity index (χ0v) is 12.3. The molecule has 0 saturated heterocycles. The molecule has 112 valence electrons. The molecule has 0 unspecified atom stereocenters. The second kappa shape index (κ2) is 3.85. The van der Waals surface area contributed by atoms with Crippen molar-refractivity contribution in [3.05, 3.63) is 18.2 Å². The van der Waals surface area contributed by atoms with E-state index in [1.807, 2.05) is 10.7 Å². The molecule has 7 heteroatoms. The third-order valence-electron chi connectivity index (χ3n) is 4.73. The predicted molar refractivity (Wildman–Crippen MR) is 80.1 cm³/mol. The highest BCUT2D eigenvalue weighted by Gasteiger charge is 2.42. The summed E-state index contributed by atoms with van der Waals surface area (Å²) in [6.45, 7) is 2.18. The number of nitrogens with two attached hydrogens (primary N) is 1. The SMILES string of the molecule is CC1(n2nc(-c3cc(C4CC4)on3)c3c(N)ncnc32)CC1. The molecule has 3 aromatic heterocycles. The lowest BCUT2D eigenvalue weighted by Gasteiger charge is -2.09. The van der Waals surface area contributed by atoms with Crippen LogP contribution in [0.15, 0.2) is 16.9 Å². The van der Waals surface area contributed by atoms with E-state index in [-0.39, 0.29) is 5.54 Å². The van der Waals surface area contributed by atoms with Crippen molar-refractivity contribution < 1.29 is 4.52 Å². The average Bonchev–Trinajstić information content (AvgIpc) is 3.39. The molecule has 0 atom stereocenters. The van der Waals surface area contributed by atoms with Crippen molar-refractivity contribution in [3.63, 3.8) is 0 Å². The molecule has 2 saturated carbocycles. The van der Waals surface area contributed by atoms with E-state index in [0.717, 1.165) is 41.0 Å². The van der Waals surface area contributed by atoms with E-state index in [9.17, 15) is 0 Å². The van der Waals surface area contributed by atoms with Crippen LogP contribution in [0.1, 0.15) is 44.3 Å². The molecule has 3 aromatic rings. The van der Waals surface area contributed by atoms with Gasteiger partial charge < -0.3 is 10.3 Å². The number of rotatable bonds is 3. The van der Waals surface area contributed by atoms with E-state index >= 15 is 0 Å². The van der Waals surface area contributed by atoms with Crippen molar-refractivity contribution >= 4 is 16.9 Å². The smallest absolute Gasteiger partial charge is 0.164 e. The summed E-state index contributed by atoms with van der Waals surface area (Å²) < 4.78 is 7.43. The van der Waals surface area contributed by atoms with Gasteiger partial charge in [-0.1, -0.05) is 5.16 Å². The standard InChI is InChI=1S/C15H16N6O/c1-15(4-5-15)21-14-11(13(16)17-7-18-14)12(19-21)9-6-10(22-20-9)8-2-3-8/h6-8H,2-5H2,1H3,(H2,16,17,18). The van der Waals surface area contributed by atoms with Gasteiger partial charge in [-0.25, -0.2) is 14.6 Å². The van der Waals surface area contributed by atoms with Crippen LogP contribution in [0, 0.1) is 0 Å². The molecule has 3 heterocycles. The summed E-state index contributed by atoms with van der Waals surface area (Å²) in [6.07, 6.45) is 6.03. The van der Waals surface area contributed by atoms with E-state index in [1.165, 1.54) is 19.2 Å². The van der Waals surface area contributed by atoms with Crippen molar-refractivity contribution in [1.29, 1.82) is 0 Å². The fourth-order valence-electron chi connectivity index (χ4n) is 2.88. The molecule has 22 heavy (non-hydrogen) atoms. The van der Waals surface area contributed by atoms with Gasteiger partial charge in [0.1, 0.15) is 29.3 Å². The molecule has 0 radical (unpaired) electrons. The second-order valence-electron chi connectivity index (χ2n) is 6.60. The maximum atomic E-state index is 6.09. The van der Waals surface area contributed by atoms with Gasteiger partial charge in [0.05, 0.1) is 10.9 Å². The van der Waals surface area contributed by atoms with Crippen molar-refractivity contribution in [2.24, 2.45) is 0 Å². The van der Waals surface area contributed by atoms with Gasteiger partial charge in [0.25, 0.3) is 0 Å². The highest BCUT2D eigenvalue weighted by Crippen LogP contribution is 2.46. The number of hydrogen-bond acceptors (Lipinski definition) is 6. The minimum absolute atomic E-state index is 0.0281. The summed E-state index contributed by atoms with van der Waals surface area (Å²) in [5.74, 6) is 1.89. The molecule has 5 rings (SSSR count). The molecular formula is C15H16N6O. The van der Waals surface area contributed by atoms with Crippen molar-refractivity contribution in [2.75, 3.05) is 5.73 Å². The first-order valence-electron chi connectivity index (χ1n) is 7.62. The number of fused-ring (bicyclic) bond motifs is 1. The third-order valence-corrected chi connectivity index (χ3v) is 4.73. The van der Waals surface area contributed by atoms with Crippen LogP contribution in [0.3, 0.4) is 0 Å². The maximum Gasteiger partial charge on any atom is 0.164 e. The van der Waals surface area contributed by atoms with Crippen molar-refractivity contribution in [1.82, 2.24) is 24.9 Å². The molecule has 2 fully saturated rings. The van der Waals surface area contributed by atoms with E-state index in [2.05, 4.69) is 22.0 Å². The fraction of sp³-hybridized carbons (Fsp3) is 0.467. The van der Waals surface area contributed by atoms with Gasteiger partial charge in [-0.3, -0.25) is 0 Å². The van der Waals surface area contributed by atoms with Crippen LogP contribution in [0.5, 0.6) is 0 Å². The zero-order chi connectivity index (χ0) is 14.9. The Morgan fingerprint density at radius 2 is 2.14 bits per heavy atom. The van der Waals surface area contributed by atoms with Gasteiger partial charge in [0.15, 0.2) is 5.65 Å². The molecule has 2 N–H and O–H groups in total. The fourth-order valence-corrected chi connectivity index (χ4v) is 2.88. The lowest BCUT2D eigenvalue weighted by atomic mass is 10.2. The Morgan fingerprint density at radius 1 is 1.32 bits per heavy atom. The maximum absolute atomic E-state index is 6.09. The number of nitrogens with zero attached hydrogens (tertiary/aromatic N) is 5. The number of hydrogen-bond donors (Lipinski definition) is 1. The van der Waals surface area contributed by atoms with Crippen LogP contribution in [0.4, 0.5) is 5.82 Å². The monoisotopic (exact) mass is 296 g/mol. The first-order chi connectivity index (χ1) is 10.7. The van der Waals surface area contributed by atoms with Crippen molar-refractivity contribution in [2.45, 2.75) is 44.1 Å². The van der Waals surface area contributed by atoms with Crippen LogP contribution < -0.4 is 5.73 Å². The molecule has 0 aliphatic heterocycles. The summed E-state index contributed by atoms with van der Waals surface area (Å²) >= 11 is 0. The topological polar surface area (TPSA) is 95.7 Å². The molecule has 2 aliphatic rings. The summed E-state index contributed by atoms with van der Waals surface area (Å²) in [7, 11) is 0. The molecule has 7 nitrogen and oxygen atoms in total. The highest BCUT2D eigenvalue weighted by atomic mass is 16.5. The van der Waals surface area contributed by atoms with Crippen LogP contribution in [-0.2, 0) is 5.54 Å². The minimum Gasteiger partial charge on any atom is -0.383 e. The number of nitrogen functional groups attached to an aromatic ring is 1. The number of aromatic nitrogens is 5. The van der Waals surface area contributed by atoms with E-state index in [1.54, 1.807) is 0 Å². The molecule has 0 amide bonds. The van der Waals surface area contributed by atoms with Gasteiger partial charge in [0.2, 0.25) is 0 Å². The van der Waals surface area contributed by atoms with Gasteiger partial charge in [-0.15, -0.1) is 0 Å².